The van der Waals surface area contributed by atoms with E-state index in [9.17, 15) is 14.4 Å². The maximum absolute atomic E-state index is 13.9. The van der Waals surface area contributed by atoms with Crippen LogP contribution in [-0.4, -0.2) is 71.1 Å². The Balaban J connectivity index is 2.15. The normalized spacial score (nSPS) is 22.4. The highest BCUT2D eigenvalue weighted by Gasteiger charge is 2.46. The van der Waals surface area contributed by atoms with E-state index in [1.165, 1.54) is 19.3 Å². The zero-order valence-corrected chi connectivity index (χ0v) is 23.4. The summed E-state index contributed by atoms with van der Waals surface area (Å²) in [6, 6.07) is -1.74. The Kier molecular flexibility index (Phi) is 11.7. The van der Waals surface area contributed by atoms with Crippen LogP contribution in [0.5, 0.6) is 0 Å². The van der Waals surface area contributed by atoms with Gasteiger partial charge in [0.2, 0.25) is 11.8 Å². The highest BCUT2D eigenvalue weighted by atomic mass is 32.2. The van der Waals surface area contributed by atoms with E-state index in [4.69, 9.17) is 10.5 Å². The first kappa shape index (κ1) is 29.7. The smallest absolute Gasteiger partial charge is 0.407 e. The van der Waals surface area contributed by atoms with E-state index in [1.54, 1.807) is 16.7 Å². The molecule has 35 heavy (non-hydrogen) atoms. The molecule has 1 heterocycles. The maximum atomic E-state index is 13.9. The van der Waals surface area contributed by atoms with E-state index >= 15 is 0 Å². The second-order valence-corrected chi connectivity index (χ2v) is 13.3. The molecule has 2 fully saturated rings. The van der Waals surface area contributed by atoms with E-state index in [0.29, 0.717) is 31.3 Å². The number of likely N-dealkylation sites (tertiary alicyclic amines) is 1. The molecule has 0 spiro atoms. The highest BCUT2D eigenvalue weighted by molar-refractivity contribution is 8.00. The van der Waals surface area contributed by atoms with Gasteiger partial charge in [-0.2, -0.15) is 11.8 Å². The van der Waals surface area contributed by atoms with Gasteiger partial charge in [-0.1, -0.05) is 47.0 Å². The van der Waals surface area contributed by atoms with Crippen LogP contribution in [0.2, 0.25) is 0 Å². The van der Waals surface area contributed by atoms with Gasteiger partial charge in [0.15, 0.2) is 0 Å². The van der Waals surface area contributed by atoms with Gasteiger partial charge in [0.05, 0.1) is 6.61 Å². The molecule has 0 radical (unpaired) electrons. The molecule has 1 aliphatic heterocycles. The van der Waals surface area contributed by atoms with Crippen LogP contribution in [0.1, 0.15) is 80.1 Å². The molecular weight excluding hydrogens is 464 g/mol. The quantitative estimate of drug-likeness (QED) is 0.390. The minimum absolute atomic E-state index is 0.148. The third-order valence-electron chi connectivity index (χ3n) is 6.75. The summed E-state index contributed by atoms with van der Waals surface area (Å²) in [6.45, 7) is 13.3. The number of thioether (sulfide) groups is 1. The van der Waals surface area contributed by atoms with Crippen LogP contribution in [0.15, 0.2) is 0 Å². The lowest BCUT2D eigenvalue weighted by atomic mass is 9.89. The number of nitrogens with two attached hydrogens (primary N) is 1. The van der Waals surface area contributed by atoms with Crippen LogP contribution in [0, 0.1) is 17.8 Å². The molecule has 0 unspecified atom stereocenters. The van der Waals surface area contributed by atoms with Crippen molar-refractivity contribution in [3.63, 3.8) is 0 Å². The zero-order chi connectivity index (χ0) is 26.2. The molecule has 2 aliphatic rings. The van der Waals surface area contributed by atoms with E-state index in [1.807, 2.05) is 27.7 Å². The topological polar surface area (TPSA) is 114 Å². The highest BCUT2D eigenvalue weighted by Crippen LogP contribution is 2.32. The van der Waals surface area contributed by atoms with Gasteiger partial charge < -0.3 is 26.0 Å². The van der Waals surface area contributed by atoms with Crippen molar-refractivity contribution in [2.75, 3.05) is 25.4 Å². The van der Waals surface area contributed by atoms with Crippen molar-refractivity contribution in [2.24, 2.45) is 23.5 Å². The number of alkyl carbamates (subject to hydrolysis) is 1. The molecule has 1 saturated heterocycles. The first-order chi connectivity index (χ1) is 16.4. The summed E-state index contributed by atoms with van der Waals surface area (Å²) in [6.07, 6.45) is 5.77. The molecule has 1 aliphatic carbocycles. The fraction of sp³-hybridized carbons (Fsp3) is 0.885. The van der Waals surface area contributed by atoms with Crippen LogP contribution in [0.25, 0.3) is 0 Å². The lowest BCUT2D eigenvalue weighted by molar-refractivity contribution is -0.140. The van der Waals surface area contributed by atoms with Gasteiger partial charge in [0.1, 0.15) is 12.1 Å². The Morgan fingerprint density at radius 2 is 1.74 bits per heavy atom. The summed E-state index contributed by atoms with van der Waals surface area (Å²) in [7, 11) is 0. The predicted molar refractivity (Wildman–Crippen MR) is 142 cm³/mol. The molecular formula is C26H48N4O4S. The Bertz CT molecular complexity index is 709. The van der Waals surface area contributed by atoms with Gasteiger partial charge >= 0.3 is 6.09 Å². The van der Waals surface area contributed by atoms with Crippen molar-refractivity contribution in [3.8, 4) is 0 Å². The van der Waals surface area contributed by atoms with Gasteiger partial charge in [0.25, 0.3) is 0 Å². The van der Waals surface area contributed by atoms with Crippen LogP contribution in [0.3, 0.4) is 0 Å². The average molecular weight is 513 g/mol. The van der Waals surface area contributed by atoms with E-state index in [0.717, 1.165) is 18.6 Å². The zero-order valence-electron chi connectivity index (χ0n) is 22.6. The van der Waals surface area contributed by atoms with Gasteiger partial charge in [-0.25, -0.2) is 4.79 Å². The molecule has 202 valence electrons. The molecule has 9 heteroatoms. The fourth-order valence-corrected chi connectivity index (χ4v) is 5.77. The summed E-state index contributed by atoms with van der Waals surface area (Å²) < 4.78 is 4.73. The number of hydrogen-bond acceptors (Lipinski definition) is 6. The number of rotatable bonds is 11. The molecule has 2 rings (SSSR count). The Labute approximate surface area is 216 Å². The molecule has 8 nitrogen and oxygen atoms in total. The monoisotopic (exact) mass is 512 g/mol. The minimum Gasteiger partial charge on any atom is -0.449 e. The Morgan fingerprint density at radius 3 is 2.34 bits per heavy atom. The van der Waals surface area contributed by atoms with Crippen molar-refractivity contribution in [1.82, 2.24) is 15.5 Å². The van der Waals surface area contributed by atoms with Gasteiger partial charge in [-0.15, -0.1) is 0 Å². The molecule has 3 atom stereocenters. The summed E-state index contributed by atoms with van der Waals surface area (Å²) in [5.41, 5.74) is 6.23. The standard InChI is InChI=1S/C26H48N4O4S/c1-17(2)15-34-25(33)29-22(26(5,6)35-16-18(3)4)24(32)30-14-20(27)12-21(30)23(31)28-13-19-10-8-7-9-11-19/h17-22H,7-16,27H2,1-6H3,(H,28,31)(H,29,33)/t20-,21+,22+/m1/s1. The third-order valence-corrected chi connectivity index (χ3v) is 8.56. The van der Waals surface area contributed by atoms with E-state index < -0.39 is 22.9 Å². The lowest BCUT2D eigenvalue weighted by Gasteiger charge is -2.37. The lowest BCUT2D eigenvalue weighted by Crippen LogP contribution is -2.60. The largest absolute Gasteiger partial charge is 0.449 e. The number of ether oxygens (including phenoxy) is 1. The molecule has 3 amide bonds. The Hall–Kier alpha value is -1.48. The average Bonchev–Trinajstić information content (AvgIpc) is 3.20. The molecule has 4 N–H and O–H groups in total. The van der Waals surface area contributed by atoms with Gasteiger partial charge in [-0.3, -0.25) is 9.59 Å². The van der Waals surface area contributed by atoms with E-state index in [2.05, 4.69) is 24.5 Å². The van der Waals surface area contributed by atoms with Gasteiger partial charge in [0, 0.05) is 23.9 Å². The molecule has 0 aromatic heterocycles. The molecule has 0 aromatic rings. The summed E-state index contributed by atoms with van der Waals surface area (Å²) >= 11 is 1.64. The van der Waals surface area contributed by atoms with Crippen molar-refractivity contribution >= 4 is 29.7 Å². The number of amides is 3. The van der Waals surface area contributed by atoms with Crippen LogP contribution in [-0.2, 0) is 14.3 Å². The van der Waals surface area contributed by atoms with Crippen LogP contribution < -0.4 is 16.4 Å². The molecule has 0 aromatic carbocycles. The summed E-state index contributed by atoms with van der Waals surface area (Å²) in [5, 5.41) is 5.91. The van der Waals surface area contributed by atoms with Crippen molar-refractivity contribution < 1.29 is 19.1 Å². The molecule has 1 saturated carbocycles. The maximum Gasteiger partial charge on any atom is 0.407 e. The first-order valence-corrected chi connectivity index (χ1v) is 14.3. The Morgan fingerprint density at radius 1 is 1.09 bits per heavy atom. The number of nitrogens with one attached hydrogen (secondary N) is 2. The number of hydrogen-bond donors (Lipinski definition) is 3. The van der Waals surface area contributed by atoms with Crippen molar-refractivity contribution in [3.05, 3.63) is 0 Å². The third kappa shape index (κ3) is 9.48. The first-order valence-electron chi connectivity index (χ1n) is 13.3. The van der Waals surface area contributed by atoms with Crippen LogP contribution >= 0.6 is 11.8 Å². The summed E-state index contributed by atoms with van der Waals surface area (Å²) in [4.78, 5) is 41.2. The van der Waals surface area contributed by atoms with Crippen molar-refractivity contribution in [2.45, 2.75) is 103 Å². The fourth-order valence-electron chi connectivity index (χ4n) is 4.68. The molecule has 0 bridgehead atoms. The second-order valence-electron chi connectivity index (χ2n) is 11.6. The number of carbonyl (C=O) groups excluding carboxylic acids is 3. The van der Waals surface area contributed by atoms with Crippen LogP contribution in [0.4, 0.5) is 4.79 Å². The second kappa shape index (κ2) is 13.7. The van der Waals surface area contributed by atoms with Crippen molar-refractivity contribution in [1.29, 1.82) is 0 Å². The minimum atomic E-state index is -0.843. The summed E-state index contributed by atoms with van der Waals surface area (Å²) in [5.74, 6) is 1.53. The van der Waals surface area contributed by atoms with Gasteiger partial charge in [-0.05, 0) is 56.6 Å². The number of carbonyl (C=O) groups is 3. The number of nitrogens with zero attached hydrogens (tertiary/aromatic N) is 1. The van der Waals surface area contributed by atoms with E-state index in [-0.39, 0.29) is 30.4 Å². The SMILES string of the molecule is CC(C)COC(=O)N[C@@H](C(=O)N1C[C@H](N)C[C@H]1C(=O)NCC1CCCCC1)C(C)(C)SCC(C)C. The predicted octanol–water partition coefficient (Wildman–Crippen LogP) is 3.53.